The van der Waals surface area contributed by atoms with E-state index in [1.807, 2.05) is 0 Å². The van der Waals surface area contributed by atoms with Crippen LogP contribution in [0.2, 0.25) is 0 Å². The van der Waals surface area contributed by atoms with Crippen LogP contribution < -0.4 is 5.32 Å². The number of phenols is 2. The Labute approximate surface area is 130 Å². The zero-order chi connectivity index (χ0) is 16.5. The van der Waals surface area contributed by atoms with Crippen molar-refractivity contribution in [3.05, 3.63) is 23.8 Å². The molecule has 0 bridgehead atoms. The maximum Gasteiger partial charge on any atom is 0.326 e. The molecule has 0 spiro atoms. The summed E-state index contributed by atoms with van der Waals surface area (Å²) in [6.45, 7) is 2.43. The van der Waals surface area contributed by atoms with Crippen LogP contribution in [0.1, 0.15) is 44.3 Å². The van der Waals surface area contributed by atoms with Gasteiger partial charge in [0.2, 0.25) is 0 Å². The molecule has 1 aromatic carbocycles. The van der Waals surface area contributed by atoms with E-state index in [2.05, 4.69) is 12.2 Å². The average Bonchev–Trinajstić information content (AvgIpc) is 2.50. The highest BCUT2D eigenvalue weighted by atomic mass is 16.5. The first-order chi connectivity index (χ1) is 10.5. The van der Waals surface area contributed by atoms with Gasteiger partial charge in [-0.15, -0.1) is 0 Å². The molecule has 6 heteroatoms. The third-order valence-corrected chi connectivity index (χ3v) is 3.46. The van der Waals surface area contributed by atoms with Gasteiger partial charge in [-0.1, -0.05) is 32.3 Å². The maximum atomic E-state index is 12.0. The molecule has 124 valence electrons. The van der Waals surface area contributed by atoms with E-state index in [4.69, 9.17) is 4.74 Å². The summed E-state index contributed by atoms with van der Waals surface area (Å²) in [7, 11) is 1.55. The molecule has 0 aromatic heterocycles. The number of esters is 1. The first-order valence-electron chi connectivity index (χ1n) is 7.55. The Kier molecular flexibility index (Phi) is 7.70. The Morgan fingerprint density at radius 1 is 1.23 bits per heavy atom. The maximum absolute atomic E-state index is 12.0. The van der Waals surface area contributed by atoms with Gasteiger partial charge >= 0.3 is 5.97 Å². The molecular formula is C16H25NO5. The van der Waals surface area contributed by atoms with Gasteiger partial charge in [0.05, 0.1) is 6.61 Å². The number of hydrogen-bond donors (Lipinski definition) is 4. The van der Waals surface area contributed by atoms with Crippen LogP contribution in [0.5, 0.6) is 11.5 Å². The molecule has 0 saturated carbocycles. The van der Waals surface area contributed by atoms with Gasteiger partial charge in [-0.2, -0.15) is 0 Å². The van der Waals surface area contributed by atoms with Crippen molar-refractivity contribution in [2.24, 2.45) is 0 Å². The van der Waals surface area contributed by atoms with Crippen molar-refractivity contribution < 1.29 is 24.9 Å². The lowest BCUT2D eigenvalue weighted by molar-refractivity contribution is -0.149. The molecule has 0 aliphatic carbocycles. The smallest absolute Gasteiger partial charge is 0.326 e. The lowest BCUT2D eigenvalue weighted by atomic mass is 10.0. The predicted octanol–water partition coefficient (Wildman–Crippen LogP) is 1.84. The van der Waals surface area contributed by atoms with Crippen LogP contribution in [0.25, 0.3) is 0 Å². The minimum absolute atomic E-state index is 0.282. The second-order valence-corrected chi connectivity index (χ2v) is 5.19. The number of benzene rings is 1. The highest BCUT2D eigenvalue weighted by Crippen LogP contribution is 2.29. The Hall–Kier alpha value is -1.79. The number of unbranched alkanes of at least 4 members (excludes halogenated alkanes) is 3. The number of phenolic OH excluding ortho intramolecular Hbond substituents is 2. The zero-order valence-electron chi connectivity index (χ0n) is 13.1. The summed E-state index contributed by atoms with van der Waals surface area (Å²) >= 11 is 0. The third kappa shape index (κ3) is 5.20. The predicted molar refractivity (Wildman–Crippen MR) is 82.7 cm³/mol. The van der Waals surface area contributed by atoms with Crippen molar-refractivity contribution in [2.45, 2.75) is 44.8 Å². The van der Waals surface area contributed by atoms with E-state index < -0.39 is 18.1 Å². The van der Waals surface area contributed by atoms with Gasteiger partial charge in [0.15, 0.2) is 11.5 Å². The summed E-state index contributed by atoms with van der Waals surface area (Å²) in [5, 5.41) is 31.7. The fourth-order valence-electron chi connectivity index (χ4n) is 2.11. The van der Waals surface area contributed by atoms with E-state index in [1.165, 1.54) is 18.2 Å². The molecule has 2 atom stereocenters. The largest absolute Gasteiger partial charge is 0.504 e. The molecule has 0 amide bonds. The van der Waals surface area contributed by atoms with Crippen LogP contribution in [0, 0.1) is 0 Å². The first-order valence-corrected chi connectivity index (χ1v) is 7.55. The molecule has 0 heterocycles. The van der Waals surface area contributed by atoms with Gasteiger partial charge in [-0.3, -0.25) is 4.79 Å². The van der Waals surface area contributed by atoms with E-state index in [0.717, 1.165) is 25.7 Å². The van der Waals surface area contributed by atoms with E-state index >= 15 is 0 Å². The van der Waals surface area contributed by atoms with Crippen LogP contribution in [-0.4, -0.2) is 41.0 Å². The number of hydrogen-bond acceptors (Lipinski definition) is 6. The van der Waals surface area contributed by atoms with E-state index in [-0.39, 0.29) is 11.5 Å². The standard InChI is InChI=1S/C16H25NO5/c1-3-4-5-6-9-22-16(21)14(17-2)15(20)11-7-8-12(18)13(19)10-11/h7-8,10,14-15,17-20H,3-6,9H2,1-2H3/t14-,15?/m0/s1. The van der Waals surface area contributed by atoms with Crippen molar-refractivity contribution in [1.29, 1.82) is 0 Å². The number of aliphatic hydroxyl groups excluding tert-OH is 1. The lowest BCUT2D eigenvalue weighted by Gasteiger charge is -2.21. The number of carbonyl (C=O) groups excluding carboxylic acids is 1. The summed E-state index contributed by atoms with van der Waals surface area (Å²) in [5.74, 6) is -1.17. The molecule has 0 radical (unpaired) electrons. The van der Waals surface area contributed by atoms with Gasteiger partial charge in [-0.05, 0) is 31.2 Å². The molecule has 1 unspecified atom stereocenters. The molecule has 4 N–H and O–H groups in total. The fraction of sp³-hybridized carbons (Fsp3) is 0.562. The van der Waals surface area contributed by atoms with Crippen molar-refractivity contribution in [1.82, 2.24) is 5.32 Å². The summed E-state index contributed by atoms with van der Waals surface area (Å²) < 4.78 is 5.16. The Bertz CT molecular complexity index is 478. The number of rotatable bonds is 9. The minimum Gasteiger partial charge on any atom is -0.504 e. The molecule has 22 heavy (non-hydrogen) atoms. The monoisotopic (exact) mass is 311 g/mol. The quantitative estimate of drug-likeness (QED) is 0.315. The Morgan fingerprint density at radius 2 is 1.95 bits per heavy atom. The van der Waals surface area contributed by atoms with Gasteiger partial charge < -0.3 is 25.4 Å². The van der Waals surface area contributed by atoms with E-state index in [9.17, 15) is 20.1 Å². The number of carbonyl (C=O) groups is 1. The number of aliphatic hydroxyl groups is 1. The third-order valence-electron chi connectivity index (χ3n) is 3.46. The summed E-state index contributed by atoms with van der Waals surface area (Å²) in [5.41, 5.74) is 0.317. The van der Waals surface area contributed by atoms with E-state index in [1.54, 1.807) is 7.05 Å². The molecule has 0 saturated heterocycles. The van der Waals surface area contributed by atoms with Crippen LogP contribution in [0.3, 0.4) is 0 Å². The molecule has 1 rings (SSSR count). The van der Waals surface area contributed by atoms with Gasteiger partial charge in [-0.25, -0.2) is 0 Å². The molecule has 0 aliphatic rings. The SMILES string of the molecule is CCCCCCOC(=O)[C@@H](NC)C(O)c1ccc(O)c(O)c1. The molecule has 1 aromatic rings. The molecule has 0 aliphatic heterocycles. The highest BCUT2D eigenvalue weighted by molar-refractivity contribution is 5.77. The van der Waals surface area contributed by atoms with Gasteiger partial charge in [0.25, 0.3) is 0 Å². The second-order valence-electron chi connectivity index (χ2n) is 5.19. The number of nitrogens with one attached hydrogen (secondary N) is 1. The topological polar surface area (TPSA) is 99.0 Å². The molecular weight excluding hydrogens is 286 g/mol. The number of likely N-dealkylation sites (N-methyl/N-ethyl adjacent to an activating group) is 1. The van der Waals surface area contributed by atoms with Gasteiger partial charge in [0.1, 0.15) is 12.1 Å². The van der Waals surface area contributed by atoms with Crippen molar-refractivity contribution in [3.63, 3.8) is 0 Å². The number of ether oxygens (including phenoxy) is 1. The molecule has 0 fully saturated rings. The summed E-state index contributed by atoms with van der Waals surface area (Å²) in [6.07, 6.45) is 2.83. The average molecular weight is 311 g/mol. The van der Waals surface area contributed by atoms with Crippen LogP contribution in [-0.2, 0) is 9.53 Å². The van der Waals surface area contributed by atoms with Crippen LogP contribution in [0.15, 0.2) is 18.2 Å². The van der Waals surface area contributed by atoms with Crippen LogP contribution in [0.4, 0.5) is 0 Å². The minimum atomic E-state index is -1.18. The highest BCUT2D eigenvalue weighted by Gasteiger charge is 2.28. The van der Waals surface area contributed by atoms with Crippen molar-refractivity contribution in [3.8, 4) is 11.5 Å². The molecule has 6 nitrogen and oxygen atoms in total. The van der Waals surface area contributed by atoms with Crippen LogP contribution >= 0.6 is 0 Å². The van der Waals surface area contributed by atoms with E-state index in [0.29, 0.717) is 12.2 Å². The number of aromatic hydroxyl groups is 2. The lowest BCUT2D eigenvalue weighted by Crippen LogP contribution is -2.41. The second kappa shape index (κ2) is 9.27. The fourth-order valence-corrected chi connectivity index (χ4v) is 2.11. The first kappa shape index (κ1) is 18.3. The van der Waals surface area contributed by atoms with Crippen molar-refractivity contribution in [2.75, 3.05) is 13.7 Å². The van der Waals surface area contributed by atoms with Crippen molar-refractivity contribution >= 4 is 5.97 Å². The zero-order valence-corrected chi connectivity index (χ0v) is 13.1. The normalized spacial score (nSPS) is 13.6. The summed E-state index contributed by atoms with van der Waals surface area (Å²) in [4.78, 5) is 12.0. The summed E-state index contributed by atoms with van der Waals surface area (Å²) in [6, 6.07) is 2.99. The Morgan fingerprint density at radius 3 is 2.55 bits per heavy atom. The van der Waals surface area contributed by atoms with Gasteiger partial charge in [0, 0.05) is 0 Å². The Balaban J connectivity index is 2.61.